The van der Waals surface area contributed by atoms with E-state index in [0.29, 0.717) is 50.9 Å². The minimum absolute atomic E-state index is 0.0248. The molecule has 0 atom stereocenters. The van der Waals surface area contributed by atoms with Crippen LogP contribution in [0, 0.1) is 15.9 Å². The molecule has 0 aliphatic carbocycles. The van der Waals surface area contributed by atoms with E-state index in [-0.39, 0.29) is 33.3 Å². The maximum Gasteiger partial charge on any atom is 0.410 e. The van der Waals surface area contributed by atoms with Crippen LogP contribution in [0.25, 0.3) is 27.7 Å². The third kappa shape index (κ3) is 15.9. The monoisotopic (exact) mass is 1300 g/mol. The molecule has 0 aliphatic rings. The van der Waals surface area contributed by atoms with E-state index in [0.717, 1.165) is 35.9 Å². The minimum atomic E-state index is -0.592. The highest BCUT2D eigenvalue weighted by Gasteiger charge is 2.22. The van der Waals surface area contributed by atoms with Gasteiger partial charge in [-0.2, -0.15) is 9.78 Å². The molecule has 0 aliphatic heterocycles. The van der Waals surface area contributed by atoms with Gasteiger partial charge in [-0.25, -0.2) is 14.1 Å². The SMILES string of the molecule is CCc1c(-c2cc(Nc3cn(C)nn3)c(=O)n(C)c2)ccnc1-n1ncc2cc(C(C)(C)C)cc(F)c2c1=O.Cn1cc(Br)cc(Br)c1=O.Cn1cc(N)nn1.Cn1cc(Nc2cc(Br)cn(C)c2=O)nn1.Cn1cc([N+](=O)[O-])nn1. The van der Waals surface area contributed by atoms with Crippen molar-refractivity contribution in [3.8, 4) is 16.9 Å². The molecule has 4 N–H and O–H groups in total. The van der Waals surface area contributed by atoms with Crippen molar-refractivity contribution < 1.29 is 9.31 Å². The standard InChI is InChI=1S/C28H29FN8O2.C9H10BrN5O.C6H5Br2NO.C3H4N4O2.C3H6N4/c1-7-19-20(17-11-22(26(38)35(5)14-17)32-23-15-36(6)34-33-23)8-9-30-25(19)37-27(39)24-16(13-31-37)10-18(12-21(24)29)28(2,3)4;1-14-4-6(10)3-7(9(14)16)11-8-5-15(2)13-12-8;1-9-3-4(7)2-5(8)6(9)10;1-6-2-3(4-5-6)7(8)9;1-7-2-3(4)5-6-7/h8-15,32H,7H2,1-6H3;3-5,11H,1-2H3;2-3H,1H3;2H,1H3;2H,4H2,1H3. The summed E-state index contributed by atoms with van der Waals surface area (Å²) in [4.78, 5) is 62.9. The van der Waals surface area contributed by atoms with Gasteiger partial charge in [0.1, 0.15) is 28.5 Å². The van der Waals surface area contributed by atoms with Gasteiger partial charge in [-0.05, 0) is 112 Å². The van der Waals surface area contributed by atoms with Crippen LogP contribution in [0.5, 0.6) is 0 Å². The Kier molecular flexibility index (Phi) is 20.0. The number of hydrogen-bond donors (Lipinski definition) is 3. The van der Waals surface area contributed by atoms with Crippen LogP contribution in [0.15, 0.2) is 125 Å². The summed E-state index contributed by atoms with van der Waals surface area (Å²) < 4.78 is 29.1. The maximum atomic E-state index is 15.3. The highest BCUT2D eigenvalue weighted by atomic mass is 79.9. The number of aryl methyl sites for hydroxylation is 7. The fourth-order valence-corrected chi connectivity index (χ4v) is 9.22. The number of anilines is 5. The number of aromatic nitrogens is 18. The van der Waals surface area contributed by atoms with Crippen molar-refractivity contribution in [3.63, 3.8) is 0 Å². The molecule has 424 valence electrons. The van der Waals surface area contributed by atoms with Crippen LogP contribution < -0.4 is 38.6 Å². The predicted molar refractivity (Wildman–Crippen MR) is 312 cm³/mol. The van der Waals surface area contributed by atoms with Crippen molar-refractivity contribution in [3.05, 3.63) is 174 Å². The molecule has 0 radical (unpaired) electrons. The molecule has 10 aromatic rings. The third-order valence-electron chi connectivity index (χ3n) is 11.2. The lowest BCUT2D eigenvalue weighted by Crippen LogP contribution is -2.25. The zero-order valence-corrected chi connectivity index (χ0v) is 50.2. The van der Waals surface area contributed by atoms with Crippen LogP contribution in [0.3, 0.4) is 0 Å². The van der Waals surface area contributed by atoms with Crippen LogP contribution in [0.2, 0.25) is 0 Å². The molecule has 28 nitrogen and oxygen atoms in total. The second-order valence-electron chi connectivity index (χ2n) is 18.6. The van der Waals surface area contributed by atoms with E-state index in [1.807, 2.05) is 33.8 Å². The van der Waals surface area contributed by atoms with Gasteiger partial charge in [0, 0.05) is 99.6 Å². The molecule has 0 amide bonds. The van der Waals surface area contributed by atoms with Crippen molar-refractivity contribution in [1.82, 2.24) is 88.4 Å². The molecular formula is C49H54Br3FN22O6. The Morgan fingerprint density at radius 3 is 1.67 bits per heavy atom. The zero-order valence-electron chi connectivity index (χ0n) is 45.4. The summed E-state index contributed by atoms with van der Waals surface area (Å²) in [6.07, 6.45) is 14.9. The molecule has 0 spiro atoms. The van der Waals surface area contributed by atoms with Gasteiger partial charge in [0.25, 0.3) is 22.2 Å². The predicted octanol–water partition coefficient (Wildman–Crippen LogP) is 6.07. The molecule has 32 heteroatoms. The first-order valence-electron chi connectivity index (χ1n) is 23.8. The van der Waals surface area contributed by atoms with Crippen LogP contribution >= 0.6 is 47.8 Å². The molecule has 0 bridgehead atoms. The van der Waals surface area contributed by atoms with E-state index in [9.17, 15) is 29.3 Å². The van der Waals surface area contributed by atoms with E-state index in [1.165, 1.54) is 41.5 Å². The number of nitro groups is 1. The van der Waals surface area contributed by atoms with E-state index in [4.69, 9.17) is 5.73 Å². The normalized spacial score (nSPS) is 10.8. The largest absolute Gasteiger partial charge is 0.410 e. The first kappa shape index (κ1) is 61.3. The number of benzene rings is 1. The van der Waals surface area contributed by atoms with Gasteiger partial charge in [-0.15, -0.1) is 15.3 Å². The molecule has 0 saturated carbocycles. The first-order chi connectivity index (χ1) is 38.1. The Morgan fingerprint density at radius 1 is 0.667 bits per heavy atom. The van der Waals surface area contributed by atoms with Gasteiger partial charge < -0.3 is 40.2 Å². The summed E-state index contributed by atoms with van der Waals surface area (Å²) in [6.45, 7) is 7.89. The lowest BCUT2D eigenvalue weighted by Gasteiger charge is -2.20. The highest BCUT2D eigenvalue weighted by Crippen LogP contribution is 2.30. The van der Waals surface area contributed by atoms with E-state index in [2.05, 4.69) is 110 Å². The molecule has 81 heavy (non-hydrogen) atoms. The molecule has 0 unspecified atom stereocenters. The van der Waals surface area contributed by atoms with Gasteiger partial charge >= 0.3 is 5.82 Å². The van der Waals surface area contributed by atoms with Crippen molar-refractivity contribution in [2.45, 2.75) is 39.5 Å². The molecule has 9 heterocycles. The van der Waals surface area contributed by atoms with Gasteiger partial charge in [0.15, 0.2) is 23.3 Å². The van der Waals surface area contributed by atoms with Gasteiger partial charge in [-0.3, -0.25) is 33.2 Å². The number of nitrogens with zero attached hydrogens (tertiary/aromatic N) is 19. The summed E-state index contributed by atoms with van der Waals surface area (Å²) in [5.74, 6) is 0.920. The number of hydrogen-bond acceptors (Lipinski definition) is 19. The average Bonchev–Trinajstić information content (AvgIpc) is 4.31. The van der Waals surface area contributed by atoms with Crippen molar-refractivity contribution >= 4 is 93.2 Å². The molecule has 1 aromatic carbocycles. The van der Waals surface area contributed by atoms with E-state index >= 15 is 4.39 Å². The highest BCUT2D eigenvalue weighted by molar-refractivity contribution is 9.11. The Morgan fingerprint density at radius 2 is 1.20 bits per heavy atom. The summed E-state index contributed by atoms with van der Waals surface area (Å²) in [5.41, 5.74) is 7.68. The first-order valence-corrected chi connectivity index (χ1v) is 26.2. The summed E-state index contributed by atoms with van der Waals surface area (Å²) in [6, 6.07) is 10.2. The Bertz CT molecular complexity index is 4090. The van der Waals surface area contributed by atoms with Gasteiger partial charge in [-0.1, -0.05) is 43.3 Å². The second-order valence-corrected chi connectivity index (χ2v) is 21.3. The van der Waals surface area contributed by atoms with Gasteiger partial charge in [0.2, 0.25) is 0 Å². The molecule has 0 fully saturated rings. The third-order valence-corrected chi connectivity index (χ3v) is 12.6. The summed E-state index contributed by atoms with van der Waals surface area (Å²) in [5, 5.41) is 49.8. The molecule has 10 rings (SSSR count). The van der Waals surface area contributed by atoms with Gasteiger partial charge in [0.05, 0.1) is 39.9 Å². The molecule has 0 saturated heterocycles. The molecular weight excluding hydrogens is 1250 g/mol. The number of fused-ring (bicyclic) bond motifs is 1. The Balaban J connectivity index is 0.000000202. The van der Waals surface area contributed by atoms with Crippen molar-refractivity contribution in [2.24, 2.45) is 49.3 Å². The number of nitrogen functional groups attached to an aromatic ring is 1. The van der Waals surface area contributed by atoms with Crippen LogP contribution in [0.4, 0.5) is 39.0 Å². The Labute approximate surface area is 484 Å². The second kappa shape index (κ2) is 26.4. The number of pyridine rings is 4. The fraction of sp³-hybridized carbons (Fsp3) is 0.265. The molecule has 9 aromatic heterocycles. The number of rotatable bonds is 8. The quantitative estimate of drug-likeness (QED) is 0.115. The van der Waals surface area contributed by atoms with Crippen LogP contribution in [0.1, 0.15) is 38.8 Å². The minimum Gasteiger partial charge on any atom is -0.381 e. The van der Waals surface area contributed by atoms with Crippen molar-refractivity contribution in [1.29, 1.82) is 0 Å². The topological polar surface area (TPSA) is 330 Å². The van der Waals surface area contributed by atoms with E-state index < -0.39 is 16.3 Å². The number of nitrogens with two attached hydrogens (primary N) is 1. The lowest BCUT2D eigenvalue weighted by molar-refractivity contribution is -0.389. The lowest BCUT2D eigenvalue weighted by atomic mass is 9.86. The van der Waals surface area contributed by atoms with E-state index in [1.54, 1.807) is 126 Å². The smallest absolute Gasteiger partial charge is 0.381 e. The summed E-state index contributed by atoms with van der Waals surface area (Å²) >= 11 is 9.72. The Hall–Kier alpha value is -8.91. The van der Waals surface area contributed by atoms with Crippen LogP contribution in [-0.2, 0) is 61.2 Å². The van der Waals surface area contributed by atoms with Crippen molar-refractivity contribution in [2.75, 3.05) is 16.4 Å². The number of nitrogens with one attached hydrogen (secondary N) is 2. The summed E-state index contributed by atoms with van der Waals surface area (Å²) in [7, 11) is 11.9. The fourth-order valence-electron chi connectivity index (χ4n) is 7.31. The average molecular weight is 1310 g/mol. The number of halogens is 4. The maximum absolute atomic E-state index is 15.3. The van der Waals surface area contributed by atoms with Crippen LogP contribution in [-0.4, -0.2) is 93.4 Å². The zero-order chi connectivity index (χ0) is 59.6.